The number of carbonyl (C=O) groups is 1. The summed E-state index contributed by atoms with van der Waals surface area (Å²) < 4.78 is 48.2. The standard InChI is InChI=1S/C27H25ClF3N5O4/c28-19-7-9-20(10-8-19)36-15-32-23(24(36)27(29,30)31)26-33-25(34-40-26)18-5-3-17(4-6-18)21(37)14-35-11-1-2-16(13-35)12-22(38)39/h3-10,15-16,21,37H,1-2,11-14H2,(H,38,39). The number of likely N-dealkylation sites (tertiary alicyclic amines) is 1. The van der Waals surface area contributed by atoms with Crippen molar-refractivity contribution < 1.29 is 32.7 Å². The molecule has 1 aliphatic heterocycles. The Morgan fingerprint density at radius 3 is 2.55 bits per heavy atom. The average molecular weight is 576 g/mol. The third-order valence-electron chi connectivity index (χ3n) is 6.82. The molecule has 2 N–H and O–H groups in total. The van der Waals surface area contributed by atoms with E-state index in [1.54, 1.807) is 24.3 Å². The van der Waals surface area contributed by atoms with Crippen LogP contribution < -0.4 is 0 Å². The van der Waals surface area contributed by atoms with Crippen molar-refractivity contribution in [1.82, 2.24) is 24.6 Å². The van der Waals surface area contributed by atoms with E-state index in [-0.39, 0.29) is 29.7 Å². The van der Waals surface area contributed by atoms with Crippen molar-refractivity contribution in [2.45, 2.75) is 31.5 Å². The first-order valence-electron chi connectivity index (χ1n) is 12.6. The van der Waals surface area contributed by atoms with Crippen LogP contribution in [0, 0.1) is 5.92 Å². The van der Waals surface area contributed by atoms with Gasteiger partial charge in [0.15, 0.2) is 11.4 Å². The Labute approximate surface area is 231 Å². The number of piperidine rings is 1. The maximum Gasteiger partial charge on any atom is 0.434 e. The van der Waals surface area contributed by atoms with E-state index in [0.717, 1.165) is 30.3 Å². The van der Waals surface area contributed by atoms with Gasteiger partial charge in [0.25, 0.3) is 5.89 Å². The Kier molecular flexibility index (Phi) is 7.92. The van der Waals surface area contributed by atoms with Crippen LogP contribution in [-0.4, -0.2) is 60.4 Å². The second-order valence-electron chi connectivity index (χ2n) is 9.71. The van der Waals surface area contributed by atoms with Crippen LogP contribution in [0.4, 0.5) is 13.2 Å². The summed E-state index contributed by atoms with van der Waals surface area (Å²) in [6.07, 6.45) is -2.69. The molecule has 0 amide bonds. The quantitative estimate of drug-likeness (QED) is 0.284. The lowest BCUT2D eigenvalue weighted by Crippen LogP contribution is -2.38. The second-order valence-corrected chi connectivity index (χ2v) is 10.1. The molecule has 0 aliphatic carbocycles. The predicted octanol–water partition coefficient (Wildman–Crippen LogP) is 5.48. The van der Waals surface area contributed by atoms with Crippen LogP contribution in [0.1, 0.15) is 36.6 Å². The molecule has 2 aromatic carbocycles. The van der Waals surface area contributed by atoms with E-state index in [1.165, 1.54) is 24.3 Å². The van der Waals surface area contributed by atoms with Crippen molar-refractivity contribution in [2.75, 3.05) is 19.6 Å². The molecular weight excluding hydrogens is 551 g/mol. The summed E-state index contributed by atoms with van der Waals surface area (Å²) in [6, 6.07) is 12.5. The number of nitrogens with zero attached hydrogens (tertiary/aromatic N) is 5. The maximum atomic E-state index is 14.1. The maximum absolute atomic E-state index is 14.1. The van der Waals surface area contributed by atoms with Gasteiger partial charge in [-0.1, -0.05) is 41.0 Å². The summed E-state index contributed by atoms with van der Waals surface area (Å²) in [5.74, 6) is -1.08. The number of aliphatic hydroxyl groups is 1. The summed E-state index contributed by atoms with van der Waals surface area (Å²) >= 11 is 5.87. The molecule has 2 aromatic heterocycles. The average Bonchev–Trinajstić information content (AvgIpc) is 3.57. The smallest absolute Gasteiger partial charge is 0.434 e. The Hall–Kier alpha value is -3.74. The molecule has 4 aromatic rings. The van der Waals surface area contributed by atoms with Gasteiger partial charge in [0, 0.05) is 35.8 Å². The highest BCUT2D eigenvalue weighted by molar-refractivity contribution is 6.30. The Morgan fingerprint density at radius 1 is 1.15 bits per heavy atom. The van der Waals surface area contributed by atoms with Gasteiger partial charge in [-0.3, -0.25) is 9.36 Å². The minimum atomic E-state index is -4.76. The number of imidazole rings is 1. The largest absolute Gasteiger partial charge is 0.481 e. The molecule has 1 aliphatic rings. The van der Waals surface area contributed by atoms with Gasteiger partial charge in [-0.05, 0) is 55.1 Å². The molecule has 2 unspecified atom stereocenters. The molecule has 1 saturated heterocycles. The molecule has 210 valence electrons. The van der Waals surface area contributed by atoms with Crippen LogP contribution in [0.5, 0.6) is 0 Å². The summed E-state index contributed by atoms with van der Waals surface area (Å²) in [5, 5.41) is 24.0. The number of halogens is 4. The summed E-state index contributed by atoms with van der Waals surface area (Å²) in [7, 11) is 0. The lowest BCUT2D eigenvalue weighted by atomic mass is 9.94. The lowest BCUT2D eigenvalue weighted by molar-refractivity contribution is -0.142. The van der Waals surface area contributed by atoms with Crippen LogP contribution in [0.3, 0.4) is 0 Å². The van der Waals surface area contributed by atoms with E-state index in [0.29, 0.717) is 29.2 Å². The highest BCUT2D eigenvalue weighted by Crippen LogP contribution is 2.38. The monoisotopic (exact) mass is 575 g/mol. The van der Waals surface area contributed by atoms with E-state index in [2.05, 4.69) is 20.0 Å². The van der Waals surface area contributed by atoms with E-state index >= 15 is 0 Å². The highest BCUT2D eigenvalue weighted by Gasteiger charge is 2.40. The molecular formula is C27H25ClF3N5O4. The zero-order valence-electron chi connectivity index (χ0n) is 21.1. The van der Waals surface area contributed by atoms with Gasteiger partial charge in [0.05, 0.1) is 6.10 Å². The molecule has 40 heavy (non-hydrogen) atoms. The van der Waals surface area contributed by atoms with Crippen molar-refractivity contribution >= 4 is 17.6 Å². The van der Waals surface area contributed by atoms with E-state index in [4.69, 9.17) is 21.2 Å². The van der Waals surface area contributed by atoms with Crippen LogP contribution in [-0.2, 0) is 11.0 Å². The van der Waals surface area contributed by atoms with Gasteiger partial charge in [0.2, 0.25) is 5.82 Å². The molecule has 0 saturated carbocycles. The summed E-state index contributed by atoms with van der Waals surface area (Å²) in [6.45, 7) is 1.75. The number of rotatable bonds is 8. The first kappa shape index (κ1) is 27.8. The fourth-order valence-corrected chi connectivity index (χ4v) is 5.07. The van der Waals surface area contributed by atoms with Crippen molar-refractivity contribution in [2.24, 2.45) is 5.92 Å². The molecule has 0 spiro atoms. The molecule has 2 atom stereocenters. The molecule has 0 radical (unpaired) electrons. The van der Waals surface area contributed by atoms with Crippen molar-refractivity contribution in [1.29, 1.82) is 0 Å². The first-order valence-corrected chi connectivity index (χ1v) is 12.9. The van der Waals surface area contributed by atoms with Crippen LogP contribution in [0.15, 0.2) is 59.4 Å². The van der Waals surface area contributed by atoms with Gasteiger partial charge in [0.1, 0.15) is 6.33 Å². The number of aromatic nitrogens is 4. The summed E-state index contributed by atoms with van der Waals surface area (Å²) in [4.78, 5) is 21.2. The van der Waals surface area contributed by atoms with Gasteiger partial charge < -0.3 is 19.6 Å². The van der Waals surface area contributed by atoms with E-state index < -0.39 is 29.6 Å². The number of hydrogen-bond acceptors (Lipinski definition) is 7. The van der Waals surface area contributed by atoms with E-state index in [9.17, 15) is 23.1 Å². The van der Waals surface area contributed by atoms with Crippen LogP contribution >= 0.6 is 11.6 Å². The minimum Gasteiger partial charge on any atom is -0.481 e. The number of β-amino-alcohol motifs (C(OH)–C–C–N with tert-alkyl or cyclic N) is 1. The first-order chi connectivity index (χ1) is 19.1. The number of alkyl halides is 3. The molecule has 9 nitrogen and oxygen atoms in total. The zero-order valence-corrected chi connectivity index (χ0v) is 21.8. The summed E-state index contributed by atoms with van der Waals surface area (Å²) in [5.41, 5.74) is -0.237. The normalized spacial score (nSPS) is 17.2. The Morgan fingerprint density at radius 2 is 1.88 bits per heavy atom. The SMILES string of the molecule is O=C(O)CC1CCCN(CC(O)c2ccc(-c3noc(-c4ncn(-c5ccc(Cl)cc5)c4C(F)(F)F)n3)cc2)C1. The third-order valence-corrected chi connectivity index (χ3v) is 7.07. The van der Waals surface area contributed by atoms with E-state index in [1.807, 2.05) is 0 Å². The van der Waals surface area contributed by atoms with Gasteiger partial charge in [-0.25, -0.2) is 4.98 Å². The van der Waals surface area contributed by atoms with Gasteiger partial charge in [-0.15, -0.1) is 0 Å². The van der Waals surface area contributed by atoms with Crippen molar-refractivity contribution in [3.8, 4) is 28.7 Å². The molecule has 13 heteroatoms. The highest BCUT2D eigenvalue weighted by atomic mass is 35.5. The fourth-order valence-electron chi connectivity index (χ4n) is 4.95. The second kappa shape index (κ2) is 11.4. The number of aliphatic hydroxyl groups excluding tert-OH is 1. The molecule has 3 heterocycles. The zero-order chi connectivity index (χ0) is 28.4. The number of carboxylic acids is 1. The van der Waals surface area contributed by atoms with Crippen molar-refractivity contribution in [3.63, 3.8) is 0 Å². The van der Waals surface area contributed by atoms with Crippen LogP contribution in [0.2, 0.25) is 5.02 Å². The van der Waals surface area contributed by atoms with Crippen LogP contribution in [0.25, 0.3) is 28.7 Å². The Bertz CT molecular complexity index is 1470. The van der Waals surface area contributed by atoms with Gasteiger partial charge >= 0.3 is 12.1 Å². The number of hydrogen-bond donors (Lipinski definition) is 2. The minimum absolute atomic E-state index is 0.0590. The molecule has 1 fully saturated rings. The molecule has 5 rings (SSSR count). The Balaban J connectivity index is 1.32. The number of benzene rings is 2. The fraction of sp³-hybridized carbons (Fsp3) is 0.333. The topological polar surface area (TPSA) is 118 Å². The number of carboxylic acid groups (broad SMARTS) is 1. The molecule has 0 bridgehead atoms. The van der Waals surface area contributed by atoms with Crippen molar-refractivity contribution in [3.05, 3.63) is 71.1 Å². The lowest BCUT2D eigenvalue weighted by Gasteiger charge is -2.33. The number of aliphatic carboxylic acids is 1. The van der Waals surface area contributed by atoms with Gasteiger partial charge in [-0.2, -0.15) is 18.2 Å². The predicted molar refractivity (Wildman–Crippen MR) is 139 cm³/mol. The third kappa shape index (κ3) is 6.19.